The van der Waals surface area contributed by atoms with Crippen LogP contribution in [0.2, 0.25) is 5.15 Å². The van der Waals surface area contributed by atoms with Gasteiger partial charge in [0.25, 0.3) is 0 Å². The largest absolute Gasteiger partial charge is 0.454 e. The topological polar surface area (TPSA) is 63.6 Å². The fourth-order valence-corrected chi connectivity index (χ4v) is 2.35. The number of aliphatic hydroxyl groups excluding tert-OH is 1. The molecule has 0 bridgehead atoms. The molecule has 0 radical (unpaired) electrons. The molecule has 0 amide bonds. The minimum Gasteiger partial charge on any atom is -0.454 e. The van der Waals surface area contributed by atoms with Gasteiger partial charge in [0.1, 0.15) is 5.15 Å². The molecule has 1 aromatic heterocycles. The lowest BCUT2D eigenvalue weighted by Crippen LogP contribution is -2.16. The molecule has 2 heterocycles. The van der Waals surface area contributed by atoms with E-state index in [0.717, 1.165) is 35.2 Å². The van der Waals surface area contributed by atoms with Gasteiger partial charge in [0.2, 0.25) is 6.79 Å². The summed E-state index contributed by atoms with van der Waals surface area (Å²) in [4.78, 5) is 4.39. The highest BCUT2D eigenvalue weighted by Crippen LogP contribution is 2.36. The van der Waals surface area contributed by atoms with Crippen molar-refractivity contribution < 1.29 is 14.6 Å². The van der Waals surface area contributed by atoms with Crippen molar-refractivity contribution in [2.75, 3.05) is 19.9 Å². The minimum atomic E-state index is 0.181. The first-order chi connectivity index (χ1) is 9.78. The second-order valence-corrected chi connectivity index (χ2v) is 4.95. The molecule has 0 atom stereocenters. The molecule has 1 aliphatic rings. The van der Waals surface area contributed by atoms with Gasteiger partial charge in [0.15, 0.2) is 11.5 Å². The summed E-state index contributed by atoms with van der Waals surface area (Å²) in [5.41, 5.74) is 1.72. The first-order valence-corrected chi connectivity index (χ1v) is 6.86. The molecular weight excluding hydrogens is 280 g/mol. The van der Waals surface area contributed by atoms with E-state index in [1.165, 1.54) is 0 Å². The highest BCUT2D eigenvalue weighted by atomic mass is 35.5. The van der Waals surface area contributed by atoms with Gasteiger partial charge >= 0.3 is 0 Å². The van der Waals surface area contributed by atoms with Gasteiger partial charge in [0.05, 0.1) is 5.52 Å². The third-order valence-corrected chi connectivity index (χ3v) is 3.49. The van der Waals surface area contributed by atoms with Crippen LogP contribution in [0.5, 0.6) is 11.5 Å². The van der Waals surface area contributed by atoms with E-state index in [4.69, 9.17) is 26.2 Å². The van der Waals surface area contributed by atoms with Gasteiger partial charge in [0, 0.05) is 30.2 Å². The lowest BCUT2D eigenvalue weighted by Gasteiger charge is -2.08. The fourth-order valence-electron chi connectivity index (χ4n) is 2.14. The van der Waals surface area contributed by atoms with Crippen LogP contribution in [0.4, 0.5) is 0 Å². The molecule has 0 unspecified atom stereocenters. The van der Waals surface area contributed by atoms with Crippen molar-refractivity contribution in [2.24, 2.45) is 0 Å². The molecule has 1 aromatic carbocycles. The number of fused-ring (bicyclic) bond motifs is 2. The average molecular weight is 295 g/mol. The number of hydrogen-bond acceptors (Lipinski definition) is 5. The Bertz CT molecular complexity index is 633. The maximum Gasteiger partial charge on any atom is 0.231 e. The fraction of sp³-hybridized carbons (Fsp3) is 0.357. The number of rotatable bonds is 5. The maximum absolute atomic E-state index is 8.74. The van der Waals surface area contributed by atoms with Crippen molar-refractivity contribution in [1.29, 1.82) is 0 Å². The van der Waals surface area contributed by atoms with Crippen molar-refractivity contribution in [2.45, 2.75) is 13.0 Å². The Morgan fingerprint density at radius 3 is 2.85 bits per heavy atom. The second-order valence-electron chi connectivity index (χ2n) is 4.59. The number of nitrogens with one attached hydrogen (secondary N) is 1. The molecular formula is C14H15ClN2O3. The van der Waals surface area contributed by atoms with Gasteiger partial charge in [-0.15, -0.1) is 0 Å². The summed E-state index contributed by atoms with van der Waals surface area (Å²) in [5, 5.41) is 13.4. The standard InChI is InChI=1S/C14H15ClN2O3/c15-14-10(7-16-2-1-3-18)4-9-5-12-13(20-8-19-12)6-11(9)17-14/h4-6,16,18H,1-3,7-8H2. The lowest BCUT2D eigenvalue weighted by atomic mass is 10.1. The van der Waals surface area contributed by atoms with Crippen LogP contribution in [-0.4, -0.2) is 30.0 Å². The molecule has 3 rings (SSSR count). The number of ether oxygens (including phenoxy) is 2. The molecule has 0 saturated heterocycles. The van der Waals surface area contributed by atoms with Crippen LogP contribution in [-0.2, 0) is 6.54 Å². The van der Waals surface area contributed by atoms with Crippen LogP contribution in [0.25, 0.3) is 10.9 Å². The van der Waals surface area contributed by atoms with Gasteiger partial charge in [-0.2, -0.15) is 0 Å². The number of halogens is 1. The van der Waals surface area contributed by atoms with Crippen LogP contribution in [0.15, 0.2) is 18.2 Å². The van der Waals surface area contributed by atoms with Crippen LogP contribution >= 0.6 is 11.6 Å². The van der Waals surface area contributed by atoms with Crippen molar-refractivity contribution in [3.63, 3.8) is 0 Å². The third-order valence-electron chi connectivity index (χ3n) is 3.16. The number of aromatic nitrogens is 1. The summed E-state index contributed by atoms with van der Waals surface area (Å²) in [7, 11) is 0. The van der Waals surface area contributed by atoms with Gasteiger partial charge < -0.3 is 19.9 Å². The van der Waals surface area contributed by atoms with E-state index >= 15 is 0 Å². The van der Waals surface area contributed by atoms with E-state index in [2.05, 4.69) is 10.3 Å². The van der Waals surface area contributed by atoms with Crippen LogP contribution in [0.1, 0.15) is 12.0 Å². The first-order valence-electron chi connectivity index (χ1n) is 6.48. The molecule has 1 aliphatic heterocycles. The maximum atomic E-state index is 8.74. The molecule has 2 aromatic rings. The lowest BCUT2D eigenvalue weighted by molar-refractivity contribution is 0.174. The molecule has 2 N–H and O–H groups in total. The minimum absolute atomic E-state index is 0.181. The Kier molecular flexibility index (Phi) is 3.91. The van der Waals surface area contributed by atoms with E-state index < -0.39 is 0 Å². The number of benzene rings is 1. The predicted octanol–water partition coefficient (Wildman–Crippen LogP) is 2.09. The highest BCUT2D eigenvalue weighted by Gasteiger charge is 2.15. The Hall–Kier alpha value is -1.56. The van der Waals surface area contributed by atoms with Gasteiger partial charge in [-0.05, 0) is 25.1 Å². The molecule has 0 saturated carbocycles. The zero-order valence-electron chi connectivity index (χ0n) is 10.9. The zero-order valence-corrected chi connectivity index (χ0v) is 11.6. The van der Waals surface area contributed by atoms with E-state index in [9.17, 15) is 0 Å². The quantitative estimate of drug-likeness (QED) is 0.653. The van der Waals surface area contributed by atoms with Crippen molar-refractivity contribution in [3.8, 4) is 11.5 Å². The Morgan fingerprint density at radius 2 is 2.05 bits per heavy atom. The number of nitrogens with zero attached hydrogens (tertiary/aromatic N) is 1. The molecule has 0 aliphatic carbocycles. The summed E-state index contributed by atoms with van der Waals surface area (Å²) < 4.78 is 10.7. The number of aliphatic hydroxyl groups is 1. The average Bonchev–Trinajstić information content (AvgIpc) is 2.88. The SMILES string of the molecule is OCCCNCc1cc2cc3c(cc2nc1Cl)OCO3. The molecule has 6 heteroatoms. The van der Waals surface area contributed by atoms with Gasteiger partial charge in [-0.1, -0.05) is 11.6 Å². The molecule has 20 heavy (non-hydrogen) atoms. The summed E-state index contributed by atoms with van der Waals surface area (Å²) in [5.74, 6) is 1.44. The van der Waals surface area contributed by atoms with E-state index in [0.29, 0.717) is 17.4 Å². The second kappa shape index (κ2) is 5.83. The van der Waals surface area contributed by atoms with Gasteiger partial charge in [-0.25, -0.2) is 4.98 Å². The van der Waals surface area contributed by atoms with E-state index in [1.807, 2.05) is 18.2 Å². The summed E-state index contributed by atoms with van der Waals surface area (Å²) in [6, 6.07) is 5.75. The van der Waals surface area contributed by atoms with E-state index in [1.54, 1.807) is 0 Å². The Labute approximate surface area is 121 Å². The molecule has 106 valence electrons. The smallest absolute Gasteiger partial charge is 0.231 e. The van der Waals surface area contributed by atoms with Crippen LogP contribution in [0.3, 0.4) is 0 Å². The summed E-state index contributed by atoms with van der Waals surface area (Å²) in [6.07, 6.45) is 0.720. The highest BCUT2D eigenvalue weighted by molar-refractivity contribution is 6.30. The number of pyridine rings is 1. The normalized spacial score (nSPS) is 13.1. The third kappa shape index (κ3) is 2.65. The summed E-state index contributed by atoms with van der Waals surface area (Å²) in [6.45, 7) is 1.79. The van der Waals surface area contributed by atoms with E-state index in [-0.39, 0.29) is 13.4 Å². The zero-order chi connectivity index (χ0) is 13.9. The molecule has 5 nitrogen and oxygen atoms in total. The predicted molar refractivity (Wildman–Crippen MR) is 76.3 cm³/mol. The van der Waals surface area contributed by atoms with Crippen LogP contribution in [0, 0.1) is 0 Å². The Balaban J connectivity index is 1.86. The van der Waals surface area contributed by atoms with Gasteiger partial charge in [-0.3, -0.25) is 0 Å². The van der Waals surface area contributed by atoms with Crippen molar-refractivity contribution in [3.05, 3.63) is 28.9 Å². The Morgan fingerprint density at radius 1 is 1.25 bits per heavy atom. The number of hydrogen-bond donors (Lipinski definition) is 2. The molecule has 0 fully saturated rings. The molecule has 0 spiro atoms. The summed E-state index contributed by atoms with van der Waals surface area (Å²) >= 11 is 6.19. The van der Waals surface area contributed by atoms with Crippen LogP contribution < -0.4 is 14.8 Å². The monoisotopic (exact) mass is 294 g/mol. The van der Waals surface area contributed by atoms with Crippen molar-refractivity contribution >= 4 is 22.5 Å². The van der Waals surface area contributed by atoms with Crippen molar-refractivity contribution in [1.82, 2.24) is 10.3 Å². The first kappa shape index (κ1) is 13.4.